The van der Waals surface area contributed by atoms with Crippen LogP contribution in [0.2, 0.25) is 0 Å². The van der Waals surface area contributed by atoms with Crippen LogP contribution in [0.3, 0.4) is 0 Å². The van der Waals surface area contributed by atoms with Crippen LogP contribution in [0.15, 0.2) is 0 Å². The first kappa shape index (κ1) is 24.4. The first-order chi connectivity index (χ1) is 15.0. The van der Waals surface area contributed by atoms with Crippen molar-refractivity contribution in [3.8, 4) is 0 Å². The van der Waals surface area contributed by atoms with E-state index in [0.29, 0.717) is 66.2 Å². The summed E-state index contributed by atoms with van der Waals surface area (Å²) >= 11 is 0. The zero-order valence-corrected chi connectivity index (χ0v) is 21.3. The smallest absolute Gasteiger partial charge is 0.139 e. The number of aliphatic hydroxyl groups is 1. The van der Waals surface area contributed by atoms with Gasteiger partial charge in [-0.2, -0.15) is 0 Å². The van der Waals surface area contributed by atoms with E-state index in [1.807, 2.05) is 0 Å². The molecule has 4 aliphatic rings. The molecule has 0 saturated heterocycles. The molecule has 182 valence electrons. The van der Waals surface area contributed by atoms with Gasteiger partial charge in [-0.1, -0.05) is 34.6 Å². The molecule has 4 heteroatoms. The quantitative estimate of drug-likeness (QED) is 0.592. The maximum Gasteiger partial charge on any atom is 0.139 e. The number of hydrogen-bond acceptors (Lipinski definition) is 4. The normalized spacial score (nSPS) is 47.0. The van der Waals surface area contributed by atoms with Crippen molar-refractivity contribution >= 4 is 11.6 Å². The van der Waals surface area contributed by atoms with Crippen LogP contribution in [0.25, 0.3) is 0 Å². The molecule has 0 spiro atoms. The average Bonchev–Trinajstić information content (AvgIpc) is 3.06. The van der Waals surface area contributed by atoms with Gasteiger partial charge in [-0.15, -0.1) is 0 Å². The summed E-state index contributed by atoms with van der Waals surface area (Å²) in [5.74, 6) is 3.51. The van der Waals surface area contributed by atoms with Gasteiger partial charge >= 0.3 is 0 Å². The van der Waals surface area contributed by atoms with Gasteiger partial charge in [0.15, 0.2) is 0 Å². The standard InChI is InChI=1S/C28H47NO3/c1-16(2)29-24-14-19-13-20(31)11-12-27(19,5)23-15-25(32)28(6)21(9-10-22(28)26(23)24)17(3)7-8-18(4)30/h16-17,19-24,26,29,31H,7-15H2,1-6H3/t17-,19+,20?,21-,22+,23+,24?,26+,27+,28-/m1/s1. The van der Waals surface area contributed by atoms with Crippen LogP contribution in [0.5, 0.6) is 0 Å². The van der Waals surface area contributed by atoms with E-state index in [1.165, 1.54) is 0 Å². The highest BCUT2D eigenvalue weighted by molar-refractivity contribution is 5.87. The Morgan fingerprint density at radius 2 is 1.84 bits per heavy atom. The lowest BCUT2D eigenvalue weighted by Gasteiger charge is -2.63. The summed E-state index contributed by atoms with van der Waals surface area (Å²) in [5, 5.41) is 14.4. The molecule has 10 atom stereocenters. The number of fused-ring (bicyclic) bond motifs is 5. The zero-order valence-electron chi connectivity index (χ0n) is 21.3. The van der Waals surface area contributed by atoms with Crippen molar-refractivity contribution in [2.24, 2.45) is 46.3 Å². The minimum atomic E-state index is -0.244. The molecule has 4 fully saturated rings. The highest BCUT2D eigenvalue weighted by atomic mass is 16.3. The molecule has 0 bridgehead atoms. The topological polar surface area (TPSA) is 66.4 Å². The van der Waals surface area contributed by atoms with Crippen molar-refractivity contribution in [1.29, 1.82) is 0 Å². The molecular weight excluding hydrogens is 398 g/mol. The van der Waals surface area contributed by atoms with Crippen LogP contribution in [-0.2, 0) is 9.59 Å². The molecule has 0 aromatic carbocycles. The van der Waals surface area contributed by atoms with Gasteiger partial charge in [0.25, 0.3) is 0 Å². The van der Waals surface area contributed by atoms with Crippen molar-refractivity contribution in [3.05, 3.63) is 0 Å². The van der Waals surface area contributed by atoms with E-state index in [2.05, 4.69) is 39.9 Å². The lowest BCUT2D eigenvalue weighted by Crippen LogP contribution is -2.64. The molecule has 0 radical (unpaired) electrons. The van der Waals surface area contributed by atoms with Crippen LogP contribution >= 0.6 is 0 Å². The van der Waals surface area contributed by atoms with Gasteiger partial charge in [0.05, 0.1) is 6.10 Å². The summed E-state index contributed by atoms with van der Waals surface area (Å²) < 4.78 is 0. The Morgan fingerprint density at radius 1 is 1.12 bits per heavy atom. The third kappa shape index (κ3) is 3.91. The van der Waals surface area contributed by atoms with E-state index < -0.39 is 0 Å². The number of aliphatic hydroxyl groups excluding tert-OH is 1. The fraction of sp³-hybridized carbons (Fsp3) is 0.929. The predicted molar refractivity (Wildman–Crippen MR) is 128 cm³/mol. The van der Waals surface area contributed by atoms with Crippen molar-refractivity contribution in [1.82, 2.24) is 5.32 Å². The monoisotopic (exact) mass is 445 g/mol. The Bertz CT molecular complexity index is 734. The number of nitrogens with one attached hydrogen (secondary N) is 1. The highest BCUT2D eigenvalue weighted by Crippen LogP contribution is 2.67. The Labute approximate surface area is 195 Å². The van der Waals surface area contributed by atoms with Gasteiger partial charge in [0.2, 0.25) is 0 Å². The average molecular weight is 446 g/mol. The number of carbonyl (C=O) groups excluding carboxylic acids is 2. The summed E-state index contributed by atoms with van der Waals surface area (Å²) in [7, 11) is 0. The Kier molecular flexibility index (Phi) is 6.71. The van der Waals surface area contributed by atoms with Crippen LogP contribution in [0.1, 0.15) is 99.3 Å². The van der Waals surface area contributed by atoms with Crippen LogP contribution in [-0.4, -0.2) is 34.9 Å². The number of hydrogen-bond donors (Lipinski definition) is 2. The molecule has 2 unspecified atom stereocenters. The second-order valence-corrected chi connectivity index (χ2v) is 12.9. The molecular formula is C28H47NO3. The maximum atomic E-state index is 14.0. The second kappa shape index (κ2) is 8.80. The minimum absolute atomic E-state index is 0.174. The van der Waals surface area contributed by atoms with Gasteiger partial charge < -0.3 is 15.2 Å². The molecule has 0 aromatic rings. The van der Waals surface area contributed by atoms with E-state index in [0.717, 1.165) is 44.9 Å². The van der Waals surface area contributed by atoms with Crippen molar-refractivity contribution in [3.63, 3.8) is 0 Å². The summed E-state index contributed by atoms with van der Waals surface area (Å²) in [6, 6.07) is 0.862. The summed E-state index contributed by atoms with van der Waals surface area (Å²) in [4.78, 5) is 25.6. The third-order valence-corrected chi connectivity index (χ3v) is 10.8. The fourth-order valence-corrected chi connectivity index (χ4v) is 9.14. The van der Waals surface area contributed by atoms with E-state index in [-0.39, 0.29) is 22.7 Å². The van der Waals surface area contributed by atoms with Gasteiger partial charge in [0, 0.05) is 30.3 Å². The number of ketones is 2. The molecule has 2 N–H and O–H groups in total. The molecule has 32 heavy (non-hydrogen) atoms. The van der Waals surface area contributed by atoms with Gasteiger partial charge in [0.1, 0.15) is 11.6 Å². The second-order valence-electron chi connectivity index (χ2n) is 12.9. The zero-order chi connectivity index (χ0) is 23.4. The molecule has 4 saturated carbocycles. The summed E-state index contributed by atoms with van der Waals surface area (Å²) in [6.07, 6.45) is 8.35. The number of rotatable bonds is 6. The van der Waals surface area contributed by atoms with Gasteiger partial charge in [-0.3, -0.25) is 4.79 Å². The Balaban J connectivity index is 1.67. The largest absolute Gasteiger partial charge is 0.393 e. The number of Topliss-reactive ketones (excluding diaryl/α,β-unsaturated/α-hetero) is 2. The first-order valence-electron chi connectivity index (χ1n) is 13.4. The molecule has 0 heterocycles. The summed E-state index contributed by atoms with van der Waals surface area (Å²) in [5.41, 5.74) is -0.0694. The van der Waals surface area contributed by atoms with Crippen molar-refractivity contribution < 1.29 is 14.7 Å². The van der Waals surface area contributed by atoms with Crippen LogP contribution < -0.4 is 5.32 Å². The summed E-state index contributed by atoms with van der Waals surface area (Å²) in [6.45, 7) is 13.2. The van der Waals surface area contributed by atoms with Gasteiger partial charge in [-0.25, -0.2) is 0 Å². The SMILES string of the molecule is CC(=O)CC[C@@H](C)[C@H]1CC[C@H]2[C@@H]3C(NC(C)C)C[C@@H]4CC(O)CC[C@]4(C)[C@H]3CC(=O)[C@]12C. The highest BCUT2D eigenvalue weighted by Gasteiger charge is 2.65. The molecule has 0 aromatic heterocycles. The predicted octanol–water partition coefficient (Wildman–Crippen LogP) is 5.17. The molecule has 4 nitrogen and oxygen atoms in total. The maximum absolute atomic E-state index is 14.0. The van der Waals surface area contributed by atoms with E-state index in [9.17, 15) is 14.7 Å². The molecule has 4 rings (SSSR count). The van der Waals surface area contributed by atoms with E-state index in [1.54, 1.807) is 6.92 Å². The third-order valence-electron chi connectivity index (χ3n) is 10.8. The molecule has 4 aliphatic carbocycles. The minimum Gasteiger partial charge on any atom is -0.393 e. The van der Waals surface area contributed by atoms with E-state index in [4.69, 9.17) is 0 Å². The first-order valence-corrected chi connectivity index (χ1v) is 13.4. The number of carbonyl (C=O) groups is 2. The molecule has 0 aliphatic heterocycles. The lowest BCUT2D eigenvalue weighted by atomic mass is 9.43. The van der Waals surface area contributed by atoms with E-state index >= 15 is 0 Å². The van der Waals surface area contributed by atoms with Crippen molar-refractivity contribution in [2.45, 2.75) is 118 Å². The Morgan fingerprint density at radius 3 is 2.50 bits per heavy atom. The van der Waals surface area contributed by atoms with Gasteiger partial charge in [-0.05, 0) is 92.8 Å². The Hall–Kier alpha value is -0.740. The molecule has 0 amide bonds. The van der Waals surface area contributed by atoms with Crippen molar-refractivity contribution in [2.75, 3.05) is 0 Å². The lowest BCUT2D eigenvalue weighted by molar-refractivity contribution is -0.165. The van der Waals surface area contributed by atoms with Crippen LogP contribution in [0, 0.1) is 46.3 Å². The van der Waals surface area contributed by atoms with Crippen LogP contribution in [0.4, 0.5) is 0 Å². The fourth-order valence-electron chi connectivity index (χ4n) is 9.14.